The molecule has 0 atom stereocenters. The summed E-state index contributed by atoms with van der Waals surface area (Å²) >= 11 is 0. The quantitative estimate of drug-likeness (QED) is 0.848. The zero-order valence-electron chi connectivity index (χ0n) is 11.3. The third-order valence-corrected chi connectivity index (χ3v) is 2.89. The Morgan fingerprint density at radius 2 is 1.86 bits per heavy atom. The number of benzene rings is 2. The second-order valence-corrected chi connectivity index (χ2v) is 4.32. The molecule has 0 aromatic heterocycles. The number of hydrogen-bond donors (Lipinski definition) is 2. The summed E-state index contributed by atoms with van der Waals surface area (Å²) in [5.41, 5.74) is 1.56. The van der Waals surface area contributed by atoms with Crippen molar-refractivity contribution in [2.45, 2.75) is 13.2 Å². The normalized spacial score (nSPS) is 9.86. The lowest BCUT2D eigenvalue weighted by molar-refractivity contribution is 0.257. The van der Waals surface area contributed by atoms with Gasteiger partial charge in [-0.05, 0) is 18.2 Å². The molecular formula is C17H15FO3. The third-order valence-electron chi connectivity index (χ3n) is 2.89. The van der Waals surface area contributed by atoms with Crippen LogP contribution in [0.15, 0.2) is 42.5 Å². The molecule has 0 amide bonds. The van der Waals surface area contributed by atoms with E-state index in [4.69, 9.17) is 9.84 Å². The van der Waals surface area contributed by atoms with Gasteiger partial charge in [-0.3, -0.25) is 0 Å². The standard InChI is InChI=1S/C17H15FO3/c18-16-10-13(4-3-9-19)7-8-15(16)12-21-17-6-2-1-5-14(17)11-20/h1-2,5-8,10,19-20H,9,11-12H2. The first-order valence-corrected chi connectivity index (χ1v) is 6.44. The third kappa shape index (κ3) is 4.06. The van der Waals surface area contributed by atoms with Crippen LogP contribution >= 0.6 is 0 Å². The van der Waals surface area contributed by atoms with Crippen LogP contribution in [0, 0.1) is 17.7 Å². The molecule has 0 unspecified atom stereocenters. The van der Waals surface area contributed by atoms with E-state index in [1.807, 2.05) is 0 Å². The molecule has 0 saturated heterocycles. The number of para-hydroxylation sites is 1. The lowest BCUT2D eigenvalue weighted by Crippen LogP contribution is -2.01. The van der Waals surface area contributed by atoms with Gasteiger partial charge >= 0.3 is 0 Å². The second kappa shape index (κ2) is 7.44. The predicted octanol–water partition coefficient (Wildman–Crippen LogP) is 2.24. The Labute approximate surface area is 122 Å². The van der Waals surface area contributed by atoms with E-state index in [1.165, 1.54) is 6.07 Å². The van der Waals surface area contributed by atoms with Crippen molar-refractivity contribution in [1.82, 2.24) is 0 Å². The van der Waals surface area contributed by atoms with E-state index in [0.29, 0.717) is 22.4 Å². The number of aliphatic hydroxyl groups excluding tert-OH is 2. The highest BCUT2D eigenvalue weighted by Gasteiger charge is 2.06. The maximum absolute atomic E-state index is 13.9. The molecule has 0 aliphatic rings. The van der Waals surface area contributed by atoms with E-state index >= 15 is 0 Å². The van der Waals surface area contributed by atoms with Gasteiger partial charge in [0.2, 0.25) is 0 Å². The zero-order chi connectivity index (χ0) is 15.1. The van der Waals surface area contributed by atoms with Gasteiger partial charge in [-0.15, -0.1) is 0 Å². The fraction of sp³-hybridized carbons (Fsp3) is 0.176. The lowest BCUT2D eigenvalue weighted by atomic mass is 10.1. The van der Waals surface area contributed by atoms with Crippen molar-refractivity contribution in [3.8, 4) is 17.6 Å². The maximum atomic E-state index is 13.9. The van der Waals surface area contributed by atoms with Crippen molar-refractivity contribution in [3.63, 3.8) is 0 Å². The Morgan fingerprint density at radius 3 is 2.57 bits per heavy atom. The van der Waals surface area contributed by atoms with Gasteiger partial charge in [0, 0.05) is 16.7 Å². The van der Waals surface area contributed by atoms with Gasteiger partial charge in [-0.1, -0.05) is 36.1 Å². The minimum atomic E-state index is -0.416. The molecule has 0 aliphatic carbocycles. The average Bonchev–Trinajstić information content (AvgIpc) is 2.52. The summed E-state index contributed by atoms with van der Waals surface area (Å²) in [5, 5.41) is 17.8. The predicted molar refractivity (Wildman–Crippen MR) is 77.1 cm³/mol. The van der Waals surface area contributed by atoms with Gasteiger partial charge in [-0.2, -0.15) is 0 Å². The second-order valence-electron chi connectivity index (χ2n) is 4.32. The molecule has 0 saturated carbocycles. The van der Waals surface area contributed by atoms with Crippen molar-refractivity contribution >= 4 is 0 Å². The van der Waals surface area contributed by atoms with Gasteiger partial charge in [0.15, 0.2) is 0 Å². The minimum absolute atomic E-state index is 0.0660. The van der Waals surface area contributed by atoms with E-state index < -0.39 is 5.82 Å². The minimum Gasteiger partial charge on any atom is -0.488 e. The summed E-state index contributed by atoms with van der Waals surface area (Å²) in [7, 11) is 0. The molecule has 2 N–H and O–H groups in total. The monoisotopic (exact) mass is 286 g/mol. The number of aliphatic hydroxyl groups is 2. The van der Waals surface area contributed by atoms with Crippen molar-refractivity contribution < 1.29 is 19.3 Å². The van der Waals surface area contributed by atoms with E-state index in [1.54, 1.807) is 36.4 Å². The summed E-state index contributed by atoms with van der Waals surface area (Å²) < 4.78 is 19.4. The molecule has 2 aromatic carbocycles. The molecule has 21 heavy (non-hydrogen) atoms. The van der Waals surface area contributed by atoms with Crippen LogP contribution in [-0.2, 0) is 13.2 Å². The Hall–Kier alpha value is -2.35. The van der Waals surface area contributed by atoms with E-state index in [-0.39, 0.29) is 19.8 Å². The molecule has 0 aliphatic heterocycles. The van der Waals surface area contributed by atoms with Gasteiger partial charge in [0.1, 0.15) is 24.8 Å². The van der Waals surface area contributed by atoms with Crippen molar-refractivity contribution in [3.05, 3.63) is 65.0 Å². The molecule has 0 spiro atoms. The fourth-order valence-electron chi connectivity index (χ4n) is 1.81. The highest BCUT2D eigenvalue weighted by Crippen LogP contribution is 2.20. The molecule has 108 valence electrons. The molecule has 2 aromatic rings. The van der Waals surface area contributed by atoms with Crippen LogP contribution in [0.4, 0.5) is 4.39 Å². The van der Waals surface area contributed by atoms with E-state index in [0.717, 1.165) is 0 Å². The number of halogens is 1. The molecule has 2 rings (SSSR count). The first-order chi connectivity index (χ1) is 10.2. The highest BCUT2D eigenvalue weighted by molar-refractivity contribution is 5.37. The van der Waals surface area contributed by atoms with E-state index in [2.05, 4.69) is 11.8 Å². The van der Waals surface area contributed by atoms with Crippen LogP contribution < -0.4 is 4.74 Å². The highest BCUT2D eigenvalue weighted by atomic mass is 19.1. The zero-order valence-corrected chi connectivity index (χ0v) is 11.3. The van der Waals surface area contributed by atoms with Crippen molar-refractivity contribution in [2.24, 2.45) is 0 Å². The van der Waals surface area contributed by atoms with Gasteiger partial charge < -0.3 is 14.9 Å². The van der Waals surface area contributed by atoms with Gasteiger partial charge in [0.05, 0.1) is 6.61 Å². The molecule has 0 heterocycles. The largest absolute Gasteiger partial charge is 0.488 e. The molecule has 0 radical (unpaired) electrons. The summed E-state index contributed by atoms with van der Waals surface area (Å²) in [6.45, 7) is -0.324. The van der Waals surface area contributed by atoms with Crippen LogP contribution in [0.2, 0.25) is 0 Å². The number of rotatable bonds is 4. The summed E-state index contributed by atoms with van der Waals surface area (Å²) in [4.78, 5) is 0. The number of hydrogen-bond acceptors (Lipinski definition) is 3. The van der Waals surface area contributed by atoms with Crippen LogP contribution in [0.1, 0.15) is 16.7 Å². The van der Waals surface area contributed by atoms with Gasteiger partial charge in [0.25, 0.3) is 0 Å². The molecular weight excluding hydrogens is 271 g/mol. The smallest absolute Gasteiger partial charge is 0.131 e. The first-order valence-electron chi connectivity index (χ1n) is 6.44. The average molecular weight is 286 g/mol. The fourth-order valence-corrected chi connectivity index (χ4v) is 1.81. The molecule has 3 nitrogen and oxygen atoms in total. The number of ether oxygens (including phenoxy) is 1. The van der Waals surface area contributed by atoms with Gasteiger partial charge in [-0.25, -0.2) is 4.39 Å². The van der Waals surface area contributed by atoms with E-state index in [9.17, 15) is 9.50 Å². The molecule has 0 bridgehead atoms. The summed E-state index contributed by atoms with van der Waals surface area (Å²) in [6, 6.07) is 11.6. The molecule has 4 heteroatoms. The maximum Gasteiger partial charge on any atom is 0.131 e. The Balaban J connectivity index is 2.10. The summed E-state index contributed by atoms with van der Waals surface area (Å²) in [5.74, 6) is 5.22. The SMILES string of the molecule is OCC#Cc1ccc(COc2ccccc2CO)c(F)c1. The van der Waals surface area contributed by atoms with Crippen LogP contribution in [-0.4, -0.2) is 16.8 Å². The van der Waals surface area contributed by atoms with Crippen LogP contribution in [0.3, 0.4) is 0 Å². The topological polar surface area (TPSA) is 49.7 Å². The Kier molecular flexibility index (Phi) is 5.33. The van der Waals surface area contributed by atoms with Crippen molar-refractivity contribution in [1.29, 1.82) is 0 Å². The Morgan fingerprint density at radius 1 is 1.05 bits per heavy atom. The van der Waals surface area contributed by atoms with Crippen molar-refractivity contribution in [2.75, 3.05) is 6.61 Å². The summed E-state index contributed by atoms with van der Waals surface area (Å²) in [6.07, 6.45) is 0. The van der Waals surface area contributed by atoms with Crippen LogP contribution in [0.5, 0.6) is 5.75 Å². The molecule has 0 fully saturated rings. The lowest BCUT2D eigenvalue weighted by Gasteiger charge is -2.10. The Bertz CT molecular complexity index is 671. The van der Waals surface area contributed by atoms with Crippen LogP contribution in [0.25, 0.3) is 0 Å². The first kappa shape index (κ1) is 15.0.